The Labute approximate surface area is 168 Å². The van der Waals surface area contributed by atoms with Gasteiger partial charge in [-0.15, -0.1) is 10.2 Å². The van der Waals surface area contributed by atoms with Crippen LogP contribution in [0.25, 0.3) is 22.0 Å². The minimum atomic E-state index is -0.701. The molecule has 0 bridgehead atoms. The molecule has 1 fully saturated rings. The molecule has 1 saturated carbocycles. The number of hydrogen-bond acceptors (Lipinski definition) is 6. The molecular weight excluding hydrogens is 368 g/mol. The number of ether oxygens (including phenoxy) is 1. The van der Waals surface area contributed by atoms with Gasteiger partial charge in [0.15, 0.2) is 5.69 Å². The summed E-state index contributed by atoms with van der Waals surface area (Å²) in [5, 5.41) is 22.3. The van der Waals surface area contributed by atoms with Gasteiger partial charge in [0.05, 0.1) is 18.9 Å². The molecule has 2 aromatic carbocycles. The molecular formula is C22H24N4O3. The van der Waals surface area contributed by atoms with Crippen molar-refractivity contribution in [3.63, 3.8) is 0 Å². The van der Waals surface area contributed by atoms with Crippen molar-refractivity contribution in [2.24, 2.45) is 0 Å². The maximum absolute atomic E-state index is 12.5. The fraction of sp³-hybridized carbons (Fsp3) is 0.318. The van der Waals surface area contributed by atoms with Crippen LogP contribution in [0.2, 0.25) is 0 Å². The predicted octanol–water partition coefficient (Wildman–Crippen LogP) is 3.22. The van der Waals surface area contributed by atoms with E-state index >= 15 is 0 Å². The predicted molar refractivity (Wildman–Crippen MR) is 112 cm³/mol. The van der Waals surface area contributed by atoms with Crippen molar-refractivity contribution in [2.75, 3.05) is 12.8 Å². The minimum Gasteiger partial charge on any atom is -0.497 e. The van der Waals surface area contributed by atoms with Gasteiger partial charge < -0.3 is 20.9 Å². The van der Waals surface area contributed by atoms with Crippen molar-refractivity contribution in [3.05, 3.63) is 47.7 Å². The maximum atomic E-state index is 12.5. The normalized spacial score (nSPS) is 15.0. The number of amides is 1. The van der Waals surface area contributed by atoms with E-state index in [9.17, 15) is 9.90 Å². The fourth-order valence-corrected chi connectivity index (χ4v) is 3.60. The molecule has 1 heterocycles. The van der Waals surface area contributed by atoms with Crippen molar-refractivity contribution < 1.29 is 14.6 Å². The van der Waals surface area contributed by atoms with Crippen LogP contribution in [-0.2, 0) is 0 Å². The van der Waals surface area contributed by atoms with Gasteiger partial charge in [0, 0.05) is 17.0 Å². The monoisotopic (exact) mass is 392 g/mol. The number of benzene rings is 2. The Kier molecular flexibility index (Phi) is 5.07. The van der Waals surface area contributed by atoms with Crippen molar-refractivity contribution in [2.45, 2.75) is 38.3 Å². The second-order valence-corrected chi connectivity index (χ2v) is 7.39. The van der Waals surface area contributed by atoms with Crippen LogP contribution in [0.15, 0.2) is 36.4 Å². The van der Waals surface area contributed by atoms with E-state index in [0.29, 0.717) is 27.9 Å². The molecule has 7 heteroatoms. The zero-order chi connectivity index (χ0) is 20.5. The molecule has 0 saturated heterocycles. The van der Waals surface area contributed by atoms with Crippen molar-refractivity contribution in [1.29, 1.82) is 0 Å². The number of hydrogen-bond donors (Lipinski definition) is 3. The number of nitrogens with two attached hydrogens (primary N) is 1. The summed E-state index contributed by atoms with van der Waals surface area (Å²) in [5.74, 6) is 0.367. The second kappa shape index (κ2) is 7.67. The van der Waals surface area contributed by atoms with Crippen LogP contribution in [0.1, 0.15) is 48.3 Å². The quantitative estimate of drug-likeness (QED) is 0.615. The summed E-state index contributed by atoms with van der Waals surface area (Å²) in [7, 11) is 1.58. The molecule has 4 rings (SSSR count). The third-order valence-corrected chi connectivity index (χ3v) is 5.49. The molecule has 29 heavy (non-hydrogen) atoms. The molecule has 0 radical (unpaired) electrons. The van der Waals surface area contributed by atoms with E-state index < -0.39 is 6.10 Å². The van der Waals surface area contributed by atoms with Gasteiger partial charge in [0.2, 0.25) is 0 Å². The average Bonchev–Trinajstić information content (AvgIpc) is 2.70. The molecule has 1 amide bonds. The third kappa shape index (κ3) is 3.49. The van der Waals surface area contributed by atoms with Gasteiger partial charge in [-0.05, 0) is 49.4 Å². The zero-order valence-corrected chi connectivity index (χ0v) is 16.5. The summed E-state index contributed by atoms with van der Waals surface area (Å²) >= 11 is 0. The number of carbonyl (C=O) groups is 1. The number of nitrogens with one attached hydrogen (secondary N) is 1. The van der Waals surface area contributed by atoms with Gasteiger partial charge in [-0.2, -0.15) is 0 Å². The van der Waals surface area contributed by atoms with Crippen LogP contribution in [0.3, 0.4) is 0 Å². The molecule has 0 aliphatic heterocycles. The lowest BCUT2D eigenvalue weighted by Crippen LogP contribution is -2.40. The van der Waals surface area contributed by atoms with Crippen molar-refractivity contribution in [1.82, 2.24) is 15.5 Å². The first kappa shape index (κ1) is 19.1. The van der Waals surface area contributed by atoms with Crippen LogP contribution in [0.4, 0.5) is 5.69 Å². The number of fused-ring (bicyclic) bond motifs is 1. The van der Waals surface area contributed by atoms with Crippen LogP contribution in [0, 0.1) is 0 Å². The number of nitrogen functional groups attached to an aromatic ring is 1. The maximum Gasteiger partial charge on any atom is 0.274 e. The molecule has 3 aromatic rings. The van der Waals surface area contributed by atoms with Crippen LogP contribution >= 0.6 is 0 Å². The van der Waals surface area contributed by atoms with E-state index in [1.54, 1.807) is 20.1 Å². The van der Waals surface area contributed by atoms with Crippen LogP contribution < -0.4 is 15.8 Å². The number of rotatable bonds is 5. The Balaban J connectivity index is 1.81. The standard InChI is InChI=1S/C22H24N4O3/c1-12(27)18-11-14(29-2)9-10-15(18)16-7-4-8-17-19(23)21(26-25-20(16)17)22(28)24-13-5-3-6-13/h4,7-13,27H,3,5-6H2,1-2H3,(H2,23,25)(H,24,28). The largest absolute Gasteiger partial charge is 0.497 e. The summed E-state index contributed by atoms with van der Waals surface area (Å²) in [6, 6.07) is 11.3. The van der Waals surface area contributed by atoms with Gasteiger partial charge >= 0.3 is 0 Å². The summed E-state index contributed by atoms with van der Waals surface area (Å²) in [4.78, 5) is 12.5. The lowest BCUT2D eigenvalue weighted by atomic mass is 9.93. The van der Waals surface area contributed by atoms with E-state index in [-0.39, 0.29) is 17.6 Å². The summed E-state index contributed by atoms with van der Waals surface area (Å²) in [5.41, 5.74) is 9.65. The molecule has 150 valence electrons. The minimum absolute atomic E-state index is 0.145. The number of carbonyl (C=O) groups excluding carboxylic acids is 1. The van der Waals surface area contributed by atoms with E-state index in [1.807, 2.05) is 30.3 Å². The molecule has 4 N–H and O–H groups in total. The summed E-state index contributed by atoms with van der Waals surface area (Å²) < 4.78 is 5.29. The summed E-state index contributed by atoms with van der Waals surface area (Å²) in [6.45, 7) is 1.70. The van der Waals surface area contributed by atoms with E-state index in [0.717, 1.165) is 30.4 Å². The Bertz CT molecular complexity index is 1080. The third-order valence-electron chi connectivity index (χ3n) is 5.49. The second-order valence-electron chi connectivity index (χ2n) is 7.39. The number of anilines is 1. The SMILES string of the molecule is COc1ccc(-c2cccc3c(N)c(C(=O)NC4CCC4)nnc23)c(C(C)O)c1. The number of nitrogens with zero attached hydrogens (tertiary/aromatic N) is 2. The Morgan fingerprint density at radius 3 is 2.69 bits per heavy atom. The zero-order valence-electron chi connectivity index (χ0n) is 16.5. The topological polar surface area (TPSA) is 110 Å². The summed E-state index contributed by atoms with van der Waals surface area (Å²) in [6.07, 6.45) is 2.39. The Morgan fingerprint density at radius 1 is 1.24 bits per heavy atom. The van der Waals surface area contributed by atoms with Gasteiger partial charge in [-0.25, -0.2) is 0 Å². The van der Waals surface area contributed by atoms with Gasteiger partial charge in [-0.1, -0.05) is 24.3 Å². The fourth-order valence-electron chi connectivity index (χ4n) is 3.60. The van der Waals surface area contributed by atoms with Crippen molar-refractivity contribution in [3.8, 4) is 16.9 Å². The van der Waals surface area contributed by atoms with E-state index in [1.165, 1.54) is 0 Å². The highest BCUT2D eigenvalue weighted by Crippen LogP contribution is 2.36. The molecule has 1 aromatic heterocycles. The van der Waals surface area contributed by atoms with E-state index in [2.05, 4.69) is 15.5 Å². The van der Waals surface area contributed by atoms with E-state index in [4.69, 9.17) is 10.5 Å². The van der Waals surface area contributed by atoms with Gasteiger partial charge in [-0.3, -0.25) is 4.79 Å². The van der Waals surface area contributed by atoms with Crippen molar-refractivity contribution >= 4 is 22.5 Å². The van der Waals surface area contributed by atoms with Crippen LogP contribution in [0.5, 0.6) is 5.75 Å². The Morgan fingerprint density at radius 2 is 2.03 bits per heavy atom. The molecule has 1 aliphatic carbocycles. The molecule has 1 aliphatic rings. The lowest BCUT2D eigenvalue weighted by Gasteiger charge is -2.26. The first-order valence-electron chi connectivity index (χ1n) is 9.71. The molecule has 0 spiro atoms. The number of methoxy groups -OCH3 is 1. The number of aliphatic hydroxyl groups excluding tert-OH is 1. The van der Waals surface area contributed by atoms with Crippen LogP contribution in [-0.4, -0.2) is 34.4 Å². The average molecular weight is 392 g/mol. The Hall–Kier alpha value is -3.19. The highest BCUT2D eigenvalue weighted by molar-refractivity contribution is 6.07. The molecule has 1 unspecified atom stereocenters. The first-order valence-corrected chi connectivity index (χ1v) is 9.71. The highest BCUT2D eigenvalue weighted by atomic mass is 16.5. The molecule has 1 atom stereocenters. The number of aromatic nitrogens is 2. The number of aliphatic hydroxyl groups is 1. The highest BCUT2D eigenvalue weighted by Gasteiger charge is 2.24. The van der Waals surface area contributed by atoms with Gasteiger partial charge in [0.1, 0.15) is 11.3 Å². The van der Waals surface area contributed by atoms with Gasteiger partial charge in [0.25, 0.3) is 5.91 Å². The smallest absolute Gasteiger partial charge is 0.274 e. The molecule has 7 nitrogen and oxygen atoms in total. The lowest BCUT2D eigenvalue weighted by molar-refractivity contribution is 0.0912. The first-order chi connectivity index (χ1) is 14.0.